The van der Waals surface area contributed by atoms with E-state index in [9.17, 15) is 10.1 Å². The number of methoxy groups -OCH3 is 1. The maximum atomic E-state index is 10.8. The minimum Gasteiger partial charge on any atom is -0.493 e. The molecule has 20 heavy (non-hydrogen) atoms. The van der Waals surface area contributed by atoms with E-state index in [1.165, 1.54) is 37.6 Å². The molecule has 0 N–H and O–H groups in total. The van der Waals surface area contributed by atoms with E-state index >= 15 is 0 Å². The maximum Gasteiger partial charge on any atom is 0.273 e. The molecule has 0 aliphatic carbocycles. The smallest absolute Gasteiger partial charge is 0.273 e. The zero-order valence-electron chi connectivity index (χ0n) is 10.4. The van der Waals surface area contributed by atoms with Gasteiger partial charge in [0.25, 0.3) is 5.69 Å². The van der Waals surface area contributed by atoms with Crippen molar-refractivity contribution in [1.82, 2.24) is 4.98 Å². The second-order valence-electron chi connectivity index (χ2n) is 3.66. The molecule has 0 spiro atoms. The van der Waals surface area contributed by atoms with E-state index in [2.05, 4.69) is 4.98 Å². The summed E-state index contributed by atoms with van der Waals surface area (Å²) >= 11 is 0. The minimum atomic E-state index is -0.546. The molecule has 2 rings (SSSR count). The van der Waals surface area contributed by atoms with Crippen molar-refractivity contribution in [2.45, 2.75) is 0 Å². The Kier molecular flexibility index (Phi) is 3.77. The van der Waals surface area contributed by atoms with Crippen molar-refractivity contribution in [2.75, 3.05) is 7.11 Å². The molecule has 0 unspecified atom stereocenters. The normalized spacial score (nSPS) is 9.60. The third-order valence-electron chi connectivity index (χ3n) is 2.46. The van der Waals surface area contributed by atoms with E-state index < -0.39 is 4.92 Å². The largest absolute Gasteiger partial charge is 0.493 e. The summed E-state index contributed by atoms with van der Waals surface area (Å²) < 4.78 is 10.5. The Hall–Kier alpha value is -3.14. The van der Waals surface area contributed by atoms with Crippen molar-refractivity contribution in [3.05, 3.63) is 52.2 Å². The van der Waals surface area contributed by atoms with E-state index in [1.54, 1.807) is 6.07 Å². The van der Waals surface area contributed by atoms with Crippen LogP contribution in [0.4, 0.5) is 5.69 Å². The van der Waals surface area contributed by atoms with Crippen LogP contribution >= 0.6 is 0 Å². The maximum absolute atomic E-state index is 10.8. The van der Waals surface area contributed by atoms with Crippen LogP contribution in [0.15, 0.2) is 36.5 Å². The van der Waals surface area contributed by atoms with Gasteiger partial charge in [0, 0.05) is 12.3 Å². The first-order chi connectivity index (χ1) is 9.65. The minimum absolute atomic E-state index is 0.0637. The van der Waals surface area contributed by atoms with Gasteiger partial charge in [-0.1, -0.05) is 0 Å². The number of non-ortho nitro benzene ring substituents is 1. The highest BCUT2D eigenvalue weighted by molar-refractivity contribution is 5.51. The highest BCUT2D eigenvalue weighted by atomic mass is 16.6. The summed E-state index contributed by atoms with van der Waals surface area (Å²) in [6.07, 6.45) is 1.46. The van der Waals surface area contributed by atoms with Crippen LogP contribution in [0.25, 0.3) is 0 Å². The van der Waals surface area contributed by atoms with Crippen molar-refractivity contribution >= 4 is 5.69 Å². The lowest BCUT2D eigenvalue weighted by molar-refractivity contribution is -0.384. The van der Waals surface area contributed by atoms with Gasteiger partial charge in [-0.25, -0.2) is 4.98 Å². The lowest BCUT2D eigenvalue weighted by Crippen LogP contribution is -1.96. The molecule has 7 heteroatoms. The fourth-order valence-corrected chi connectivity index (χ4v) is 1.52. The first-order valence-corrected chi connectivity index (χ1v) is 5.51. The third-order valence-corrected chi connectivity index (χ3v) is 2.46. The highest BCUT2D eigenvalue weighted by Gasteiger charge is 2.15. The molecule has 0 amide bonds. The molecule has 0 saturated carbocycles. The Morgan fingerprint density at radius 3 is 2.80 bits per heavy atom. The van der Waals surface area contributed by atoms with Crippen LogP contribution in [0.2, 0.25) is 0 Å². The molecule has 1 aromatic carbocycles. The number of ether oxygens (including phenoxy) is 2. The Morgan fingerprint density at radius 2 is 2.15 bits per heavy atom. The average molecular weight is 271 g/mol. The van der Waals surface area contributed by atoms with Crippen LogP contribution < -0.4 is 9.47 Å². The van der Waals surface area contributed by atoms with Gasteiger partial charge in [-0.2, -0.15) is 5.26 Å². The van der Waals surface area contributed by atoms with Gasteiger partial charge in [0.2, 0.25) is 5.88 Å². The molecule has 0 aliphatic heterocycles. The van der Waals surface area contributed by atoms with Gasteiger partial charge < -0.3 is 9.47 Å². The second kappa shape index (κ2) is 5.67. The monoisotopic (exact) mass is 271 g/mol. The Morgan fingerprint density at radius 1 is 1.35 bits per heavy atom. The topological polar surface area (TPSA) is 98.3 Å². The molecule has 0 bridgehead atoms. The van der Waals surface area contributed by atoms with Gasteiger partial charge in [0.1, 0.15) is 11.6 Å². The number of hydrogen-bond donors (Lipinski definition) is 0. The van der Waals surface area contributed by atoms with Crippen LogP contribution in [0.3, 0.4) is 0 Å². The fraction of sp³-hybridized carbons (Fsp3) is 0.0769. The molecule has 2 aromatic rings. The number of rotatable bonds is 4. The van der Waals surface area contributed by atoms with E-state index in [0.29, 0.717) is 5.75 Å². The van der Waals surface area contributed by atoms with Crippen LogP contribution in [0.1, 0.15) is 5.56 Å². The van der Waals surface area contributed by atoms with Gasteiger partial charge in [-0.15, -0.1) is 0 Å². The number of nitro benzene ring substituents is 1. The first-order valence-electron chi connectivity index (χ1n) is 5.51. The van der Waals surface area contributed by atoms with Gasteiger partial charge in [-0.3, -0.25) is 10.1 Å². The quantitative estimate of drug-likeness (QED) is 0.626. The lowest BCUT2D eigenvalue weighted by Gasteiger charge is -2.09. The van der Waals surface area contributed by atoms with Gasteiger partial charge in [0.05, 0.1) is 18.1 Å². The number of hydrogen-bond acceptors (Lipinski definition) is 6. The molecule has 0 radical (unpaired) electrons. The molecular formula is C13H9N3O4. The number of nitrogens with zero attached hydrogens (tertiary/aromatic N) is 3. The summed E-state index contributed by atoms with van der Waals surface area (Å²) in [7, 11) is 1.41. The second-order valence-corrected chi connectivity index (χ2v) is 3.66. The molecule has 1 aromatic heterocycles. The summed E-state index contributed by atoms with van der Waals surface area (Å²) in [6, 6.07) is 8.99. The van der Waals surface area contributed by atoms with Crippen LogP contribution in [0, 0.1) is 21.4 Å². The Labute approximate surface area is 114 Å². The first kappa shape index (κ1) is 13.3. The number of pyridine rings is 1. The zero-order valence-corrected chi connectivity index (χ0v) is 10.4. The SMILES string of the molecule is COc1ccc([N+](=O)[O-])cc1Oc1ncccc1C#N. The molecule has 7 nitrogen and oxygen atoms in total. The zero-order chi connectivity index (χ0) is 14.5. The molecule has 0 saturated heterocycles. The fourth-order valence-electron chi connectivity index (χ4n) is 1.52. The lowest BCUT2D eigenvalue weighted by atomic mass is 10.2. The predicted octanol–water partition coefficient (Wildman–Crippen LogP) is 2.66. The van der Waals surface area contributed by atoms with E-state index in [-0.39, 0.29) is 22.9 Å². The van der Waals surface area contributed by atoms with Crippen molar-refractivity contribution in [3.8, 4) is 23.4 Å². The predicted molar refractivity (Wildman–Crippen MR) is 68.7 cm³/mol. The van der Waals surface area contributed by atoms with Crippen molar-refractivity contribution in [2.24, 2.45) is 0 Å². The van der Waals surface area contributed by atoms with Gasteiger partial charge >= 0.3 is 0 Å². The number of benzene rings is 1. The number of nitriles is 1. The molecule has 1 heterocycles. The van der Waals surface area contributed by atoms with Crippen molar-refractivity contribution < 1.29 is 14.4 Å². The average Bonchev–Trinajstić information content (AvgIpc) is 2.47. The molecule has 100 valence electrons. The van der Waals surface area contributed by atoms with E-state index in [1.807, 2.05) is 6.07 Å². The van der Waals surface area contributed by atoms with Crippen molar-refractivity contribution in [1.29, 1.82) is 5.26 Å². The van der Waals surface area contributed by atoms with Crippen LogP contribution in [-0.2, 0) is 0 Å². The number of aromatic nitrogens is 1. The van der Waals surface area contributed by atoms with Crippen LogP contribution in [0.5, 0.6) is 17.4 Å². The van der Waals surface area contributed by atoms with Gasteiger partial charge in [0.15, 0.2) is 11.5 Å². The molecule has 0 aliphatic rings. The Balaban J connectivity index is 2.44. The van der Waals surface area contributed by atoms with Gasteiger partial charge in [-0.05, 0) is 18.2 Å². The van der Waals surface area contributed by atoms with E-state index in [0.717, 1.165) is 0 Å². The van der Waals surface area contributed by atoms with Crippen LogP contribution in [-0.4, -0.2) is 17.0 Å². The standard InChI is InChI=1S/C13H9N3O4/c1-19-11-5-4-10(16(17)18)7-12(11)20-13-9(8-14)3-2-6-15-13/h2-7H,1H3. The summed E-state index contributed by atoms with van der Waals surface area (Å²) in [5.74, 6) is 0.496. The van der Waals surface area contributed by atoms with E-state index in [4.69, 9.17) is 14.7 Å². The summed E-state index contributed by atoms with van der Waals surface area (Å²) in [5.41, 5.74) is 0.0799. The molecule has 0 atom stereocenters. The molecule has 0 fully saturated rings. The highest BCUT2D eigenvalue weighted by Crippen LogP contribution is 2.34. The number of nitro groups is 1. The summed E-state index contributed by atoms with van der Waals surface area (Å²) in [4.78, 5) is 14.1. The third kappa shape index (κ3) is 2.64. The van der Waals surface area contributed by atoms with Crippen molar-refractivity contribution in [3.63, 3.8) is 0 Å². The summed E-state index contributed by atoms with van der Waals surface area (Å²) in [5, 5.41) is 19.7. The Bertz CT molecular complexity index is 694. The summed E-state index contributed by atoms with van der Waals surface area (Å²) in [6.45, 7) is 0. The molecular weight excluding hydrogens is 262 g/mol.